The van der Waals surface area contributed by atoms with Crippen molar-refractivity contribution >= 4 is 0 Å². The van der Waals surface area contributed by atoms with E-state index in [0.717, 1.165) is 11.8 Å². The molecule has 0 heteroatoms. The Morgan fingerprint density at radius 2 is 1.40 bits per heavy atom. The maximum absolute atomic E-state index is 4.44. The van der Waals surface area contributed by atoms with E-state index in [1.807, 2.05) is 13.8 Å². The maximum Gasteiger partial charge on any atom is -0.0165 e. The fourth-order valence-electron chi connectivity index (χ4n) is 3.98. The molecule has 0 spiro atoms. The number of unbranched alkanes of at least 4 members (excludes halogenated alkanes) is 1. The Morgan fingerprint density at radius 3 is 1.77 bits per heavy atom. The highest BCUT2D eigenvalue weighted by Gasteiger charge is 2.24. The molecule has 0 nitrogen and oxygen atoms in total. The molecule has 0 bridgehead atoms. The molecule has 0 heterocycles. The van der Waals surface area contributed by atoms with Gasteiger partial charge in [-0.3, -0.25) is 0 Å². The van der Waals surface area contributed by atoms with Gasteiger partial charge in [0, 0.05) is 0 Å². The van der Waals surface area contributed by atoms with Gasteiger partial charge < -0.3 is 0 Å². The summed E-state index contributed by atoms with van der Waals surface area (Å²) in [5.74, 6) is 1.69. The van der Waals surface area contributed by atoms with Crippen LogP contribution in [0.2, 0.25) is 0 Å². The van der Waals surface area contributed by atoms with Crippen LogP contribution in [0.5, 0.6) is 0 Å². The van der Waals surface area contributed by atoms with Crippen LogP contribution in [-0.4, -0.2) is 0 Å². The third kappa shape index (κ3) is 15.1. The van der Waals surface area contributed by atoms with Crippen LogP contribution >= 0.6 is 0 Å². The molecule has 0 N–H and O–H groups in total. The summed E-state index contributed by atoms with van der Waals surface area (Å²) >= 11 is 0. The van der Waals surface area contributed by atoms with E-state index in [2.05, 4.69) is 61.1 Å². The van der Waals surface area contributed by atoms with Crippen LogP contribution in [0.3, 0.4) is 0 Å². The van der Waals surface area contributed by atoms with Crippen molar-refractivity contribution in [3.05, 3.63) is 34.9 Å². The molecule has 1 saturated carbocycles. The van der Waals surface area contributed by atoms with Gasteiger partial charge in [0.05, 0.1) is 0 Å². The largest absolute Gasteiger partial charge is 0.0953 e. The molecule has 0 atom stereocenters. The molecule has 0 aliphatic heterocycles. The van der Waals surface area contributed by atoms with Gasteiger partial charge in [-0.1, -0.05) is 119 Å². The molecule has 2 aliphatic rings. The lowest BCUT2D eigenvalue weighted by atomic mass is 9.80. The lowest BCUT2D eigenvalue weighted by Gasteiger charge is -2.25. The van der Waals surface area contributed by atoms with Gasteiger partial charge in [0.1, 0.15) is 0 Å². The zero-order valence-electron chi connectivity index (χ0n) is 21.9. The summed E-state index contributed by atoms with van der Waals surface area (Å²) in [6, 6.07) is 0. The van der Waals surface area contributed by atoms with E-state index in [1.54, 1.807) is 11.1 Å². The van der Waals surface area contributed by atoms with Crippen LogP contribution < -0.4 is 0 Å². The first kappa shape index (κ1) is 33.8. The summed E-state index contributed by atoms with van der Waals surface area (Å²) in [7, 11) is 0. The molecule has 0 radical (unpaired) electrons. The molecular weight excluding hydrogens is 360 g/mol. The molecule has 0 saturated heterocycles. The molecule has 0 aromatic rings. The number of hydrogen-bond acceptors (Lipinski definition) is 0. The minimum atomic E-state index is 0. The summed E-state index contributed by atoms with van der Waals surface area (Å²) in [5, 5.41) is 0. The van der Waals surface area contributed by atoms with Gasteiger partial charge in [0.15, 0.2) is 0 Å². The van der Waals surface area contributed by atoms with Crippen molar-refractivity contribution in [1.29, 1.82) is 0 Å². The number of hydrogen-bond donors (Lipinski definition) is 0. The number of allylic oxidation sites excluding steroid dienone is 5. The average molecular weight is 421 g/mol. The van der Waals surface area contributed by atoms with Gasteiger partial charge in [-0.2, -0.15) is 0 Å². The predicted molar refractivity (Wildman–Crippen MR) is 144 cm³/mol. The smallest absolute Gasteiger partial charge is 0.0165 e. The monoisotopic (exact) mass is 420 g/mol. The SMILES string of the molecule is C.C=C(C1=C(/C(C)=C/C)CCC1)C1CCCCC1.CC.CCCC.CCCC(C)C. The Bertz CT molecular complexity index is 439. The van der Waals surface area contributed by atoms with Crippen molar-refractivity contribution in [2.24, 2.45) is 11.8 Å². The van der Waals surface area contributed by atoms with Gasteiger partial charge >= 0.3 is 0 Å². The summed E-state index contributed by atoms with van der Waals surface area (Å²) < 4.78 is 0. The minimum absolute atomic E-state index is 0. The van der Waals surface area contributed by atoms with Gasteiger partial charge in [0.2, 0.25) is 0 Å². The van der Waals surface area contributed by atoms with Crippen LogP contribution in [-0.2, 0) is 0 Å². The Hall–Kier alpha value is -0.780. The van der Waals surface area contributed by atoms with Gasteiger partial charge in [-0.05, 0) is 74.5 Å². The molecule has 2 rings (SSSR count). The van der Waals surface area contributed by atoms with Crippen LogP contribution in [0.4, 0.5) is 0 Å². The van der Waals surface area contributed by atoms with Crippen LogP contribution in [0.25, 0.3) is 0 Å². The third-order valence-corrected chi connectivity index (χ3v) is 5.98. The summed E-state index contributed by atoms with van der Waals surface area (Å²) in [5.41, 5.74) is 6.20. The van der Waals surface area contributed by atoms with Crippen molar-refractivity contribution in [3.8, 4) is 0 Å². The molecule has 30 heavy (non-hydrogen) atoms. The molecule has 0 unspecified atom stereocenters. The second-order valence-electron chi connectivity index (χ2n) is 8.83. The van der Waals surface area contributed by atoms with E-state index in [4.69, 9.17) is 0 Å². The van der Waals surface area contributed by atoms with Crippen molar-refractivity contribution in [2.75, 3.05) is 0 Å². The zero-order valence-corrected chi connectivity index (χ0v) is 21.9. The van der Waals surface area contributed by atoms with Gasteiger partial charge in [-0.25, -0.2) is 0 Å². The Morgan fingerprint density at radius 1 is 0.900 bits per heavy atom. The summed E-state index contributed by atoms with van der Waals surface area (Å²) in [6.07, 6.45) is 18.5. The minimum Gasteiger partial charge on any atom is -0.0953 e. The fourth-order valence-corrected chi connectivity index (χ4v) is 3.98. The highest BCUT2D eigenvalue weighted by molar-refractivity contribution is 5.46. The van der Waals surface area contributed by atoms with Crippen LogP contribution in [0.15, 0.2) is 34.9 Å². The highest BCUT2D eigenvalue weighted by Crippen LogP contribution is 2.41. The second kappa shape index (κ2) is 22.9. The van der Waals surface area contributed by atoms with E-state index < -0.39 is 0 Å². The van der Waals surface area contributed by atoms with E-state index in [9.17, 15) is 0 Å². The molecule has 2 aliphatic carbocycles. The van der Waals surface area contributed by atoms with Gasteiger partial charge in [-0.15, -0.1) is 0 Å². The second-order valence-corrected chi connectivity index (χ2v) is 8.83. The quantitative estimate of drug-likeness (QED) is 0.400. The first-order chi connectivity index (χ1) is 13.9. The average Bonchev–Trinajstić information content (AvgIpc) is 3.25. The van der Waals surface area contributed by atoms with Crippen molar-refractivity contribution in [3.63, 3.8) is 0 Å². The lowest BCUT2D eigenvalue weighted by Crippen LogP contribution is -2.10. The molecule has 180 valence electrons. The Labute approximate surface area is 193 Å². The first-order valence-corrected chi connectivity index (χ1v) is 13.0. The third-order valence-electron chi connectivity index (χ3n) is 5.98. The Balaban J connectivity index is -0.000000471. The normalized spacial score (nSPS) is 16.4. The van der Waals surface area contributed by atoms with E-state index in [-0.39, 0.29) is 7.43 Å². The van der Waals surface area contributed by atoms with E-state index in [0.29, 0.717) is 0 Å². The van der Waals surface area contributed by atoms with Crippen LogP contribution in [0, 0.1) is 11.8 Å². The maximum atomic E-state index is 4.44. The van der Waals surface area contributed by atoms with E-state index in [1.165, 1.54) is 88.2 Å². The van der Waals surface area contributed by atoms with Gasteiger partial charge in [0.25, 0.3) is 0 Å². The van der Waals surface area contributed by atoms with Crippen molar-refractivity contribution in [1.82, 2.24) is 0 Å². The summed E-state index contributed by atoms with van der Waals surface area (Å²) in [6.45, 7) is 23.9. The topological polar surface area (TPSA) is 0 Å². The van der Waals surface area contributed by atoms with Crippen LogP contribution in [0.1, 0.15) is 147 Å². The zero-order chi connectivity index (χ0) is 22.7. The molecule has 0 aromatic heterocycles. The predicted octanol–water partition coefficient (Wildman–Crippen LogP) is 11.5. The highest BCUT2D eigenvalue weighted by atomic mass is 14.3. The molecule has 0 amide bonds. The van der Waals surface area contributed by atoms with Crippen molar-refractivity contribution in [2.45, 2.75) is 147 Å². The first-order valence-electron chi connectivity index (χ1n) is 13.0. The van der Waals surface area contributed by atoms with Crippen molar-refractivity contribution < 1.29 is 0 Å². The molecule has 0 aromatic carbocycles. The van der Waals surface area contributed by atoms with E-state index >= 15 is 0 Å². The molecule has 1 fully saturated rings. The Kier molecular flexibility index (Phi) is 25.8. The summed E-state index contributed by atoms with van der Waals surface area (Å²) in [4.78, 5) is 0. The molecular formula is C30H60. The standard InChI is InChI=1S/C17H26.C6H14.C4H10.C2H6.CH4/c1-4-13(2)16-11-8-12-17(16)14(3)15-9-6-5-7-10-15;1-4-5-6(2)3;1-3-4-2;1-2;/h4,15H,3,5-12H2,1-2H3;6H,4-5H2,1-3H3;3-4H2,1-2H3;1-2H3;1H4/b13-4+;;;;. The lowest BCUT2D eigenvalue weighted by molar-refractivity contribution is 0.405. The number of rotatable bonds is 6. The fraction of sp³-hybridized carbons (Fsp3) is 0.800.